The second-order valence-corrected chi connectivity index (χ2v) is 3.90. The van der Waals surface area contributed by atoms with Crippen LogP contribution in [-0.2, 0) is 6.42 Å². The fourth-order valence-electron chi connectivity index (χ4n) is 1.66. The molecule has 2 rings (SSSR count). The monoisotopic (exact) mass is 254 g/mol. The van der Waals surface area contributed by atoms with Crippen LogP contribution >= 0.6 is 0 Å². The highest BCUT2D eigenvalue weighted by Crippen LogP contribution is 2.19. The number of aromatic nitrogens is 1. The first-order chi connectivity index (χ1) is 9.33. The summed E-state index contributed by atoms with van der Waals surface area (Å²) in [6.07, 6.45) is 0.789. The highest BCUT2D eigenvalue weighted by Gasteiger charge is 2.06. The van der Waals surface area contributed by atoms with E-state index in [0.717, 1.165) is 6.42 Å². The third-order valence-electron chi connectivity index (χ3n) is 2.64. The van der Waals surface area contributed by atoms with Gasteiger partial charge in [-0.1, -0.05) is 30.3 Å². The van der Waals surface area contributed by atoms with Crippen molar-refractivity contribution in [3.05, 3.63) is 53.7 Å². The van der Waals surface area contributed by atoms with Crippen molar-refractivity contribution >= 4 is 0 Å². The van der Waals surface area contributed by atoms with Crippen LogP contribution < -0.4 is 9.47 Å². The van der Waals surface area contributed by atoms with E-state index in [9.17, 15) is 0 Å². The van der Waals surface area contributed by atoms with Gasteiger partial charge in [-0.05, 0) is 11.6 Å². The molecule has 96 valence electrons. The molecular weight excluding hydrogens is 240 g/mol. The second-order valence-electron chi connectivity index (χ2n) is 3.90. The smallest absolute Gasteiger partial charge is 0.214 e. The van der Waals surface area contributed by atoms with Crippen LogP contribution in [0.25, 0.3) is 0 Å². The summed E-state index contributed by atoms with van der Waals surface area (Å²) in [5.41, 5.74) is 1.44. The van der Waals surface area contributed by atoms with E-state index in [2.05, 4.69) is 4.98 Å². The summed E-state index contributed by atoms with van der Waals surface area (Å²) >= 11 is 0. The summed E-state index contributed by atoms with van der Waals surface area (Å²) in [7, 11) is 1.51. The minimum atomic E-state index is 0.243. The van der Waals surface area contributed by atoms with Crippen molar-refractivity contribution in [1.82, 2.24) is 4.98 Å². The average molecular weight is 254 g/mol. The molecule has 0 bridgehead atoms. The van der Waals surface area contributed by atoms with Crippen LogP contribution in [0.4, 0.5) is 0 Å². The Morgan fingerprint density at radius 1 is 1.16 bits per heavy atom. The maximum absolute atomic E-state index is 9.01. The number of hydrogen-bond acceptors (Lipinski definition) is 4. The minimum absolute atomic E-state index is 0.243. The topological polar surface area (TPSA) is 55.1 Å². The predicted molar refractivity (Wildman–Crippen MR) is 71.1 cm³/mol. The molecule has 0 unspecified atom stereocenters. The zero-order valence-corrected chi connectivity index (χ0v) is 10.7. The zero-order chi connectivity index (χ0) is 13.5. The van der Waals surface area contributed by atoms with E-state index in [1.165, 1.54) is 12.7 Å². The first kappa shape index (κ1) is 12.9. The van der Waals surface area contributed by atoms with Gasteiger partial charge in [-0.3, -0.25) is 0 Å². The molecule has 0 aliphatic heterocycles. The number of ether oxygens (including phenoxy) is 2. The summed E-state index contributed by atoms with van der Waals surface area (Å²) in [6, 6.07) is 15.4. The molecular formula is C15H14N2O2. The molecule has 0 saturated carbocycles. The van der Waals surface area contributed by atoms with Crippen LogP contribution in [-0.4, -0.2) is 18.7 Å². The normalized spacial score (nSPS) is 9.68. The molecule has 19 heavy (non-hydrogen) atoms. The van der Waals surface area contributed by atoms with E-state index in [-0.39, 0.29) is 5.69 Å². The Hall–Kier alpha value is -2.54. The van der Waals surface area contributed by atoms with Gasteiger partial charge in [0.25, 0.3) is 0 Å². The van der Waals surface area contributed by atoms with Gasteiger partial charge in [-0.25, -0.2) is 0 Å². The Bertz CT molecular complexity index is 576. The molecule has 0 atom stereocenters. The summed E-state index contributed by atoms with van der Waals surface area (Å²) in [5, 5.41) is 9.01. The molecule has 4 nitrogen and oxygen atoms in total. The molecule has 0 radical (unpaired) electrons. The molecule has 0 aliphatic rings. The quantitative estimate of drug-likeness (QED) is 0.823. The number of rotatable bonds is 5. The van der Waals surface area contributed by atoms with Gasteiger partial charge in [-0.2, -0.15) is 10.2 Å². The van der Waals surface area contributed by atoms with Gasteiger partial charge >= 0.3 is 0 Å². The fraction of sp³-hybridized carbons (Fsp3) is 0.200. The lowest BCUT2D eigenvalue weighted by Gasteiger charge is -2.08. The molecule has 1 aromatic carbocycles. The maximum Gasteiger partial charge on any atom is 0.214 e. The third-order valence-corrected chi connectivity index (χ3v) is 2.64. The number of pyridine rings is 1. The Labute approximate surface area is 112 Å². The molecule has 1 aromatic heterocycles. The minimum Gasteiger partial charge on any atom is -0.490 e. The highest BCUT2D eigenvalue weighted by atomic mass is 16.5. The molecule has 0 N–H and O–H groups in total. The van der Waals surface area contributed by atoms with Crippen molar-refractivity contribution < 1.29 is 9.47 Å². The Morgan fingerprint density at radius 2 is 1.95 bits per heavy atom. The van der Waals surface area contributed by atoms with Gasteiger partial charge in [0.05, 0.1) is 13.7 Å². The van der Waals surface area contributed by atoms with Gasteiger partial charge < -0.3 is 9.47 Å². The van der Waals surface area contributed by atoms with Crippen LogP contribution in [0.1, 0.15) is 11.3 Å². The van der Waals surface area contributed by atoms with Gasteiger partial charge in [-0.15, -0.1) is 0 Å². The number of benzene rings is 1. The zero-order valence-electron chi connectivity index (χ0n) is 10.7. The average Bonchev–Trinajstić information content (AvgIpc) is 2.48. The molecule has 2 aromatic rings. The Balaban J connectivity index is 1.98. The van der Waals surface area contributed by atoms with Crippen LogP contribution in [0.3, 0.4) is 0 Å². The van der Waals surface area contributed by atoms with Gasteiger partial charge in [0.15, 0.2) is 11.4 Å². The SMILES string of the molecule is COc1ccc(OCCc2ccccc2)c(C#N)n1. The molecule has 0 fully saturated rings. The van der Waals surface area contributed by atoms with Crippen molar-refractivity contribution in [3.63, 3.8) is 0 Å². The molecule has 4 heteroatoms. The number of nitrogens with zero attached hydrogens (tertiary/aromatic N) is 2. The number of methoxy groups -OCH3 is 1. The van der Waals surface area contributed by atoms with E-state index >= 15 is 0 Å². The van der Waals surface area contributed by atoms with Crippen LogP contribution in [0.15, 0.2) is 42.5 Å². The first-order valence-electron chi connectivity index (χ1n) is 5.95. The maximum atomic E-state index is 9.01. The van der Waals surface area contributed by atoms with Crippen LogP contribution in [0, 0.1) is 11.3 Å². The lowest BCUT2D eigenvalue weighted by molar-refractivity contribution is 0.317. The standard InChI is InChI=1S/C15H14N2O2/c1-18-15-8-7-14(13(11-16)17-15)19-10-9-12-5-3-2-4-6-12/h2-8H,9-10H2,1H3. The van der Waals surface area contributed by atoms with E-state index in [4.69, 9.17) is 14.7 Å². The summed E-state index contributed by atoms with van der Waals surface area (Å²) < 4.78 is 10.6. The fourth-order valence-corrected chi connectivity index (χ4v) is 1.66. The third kappa shape index (κ3) is 3.46. The van der Waals surface area contributed by atoms with E-state index in [1.807, 2.05) is 36.4 Å². The predicted octanol–water partition coefficient (Wildman–Crippen LogP) is 2.58. The van der Waals surface area contributed by atoms with Gasteiger partial charge in [0.1, 0.15) is 6.07 Å². The van der Waals surface area contributed by atoms with Crippen molar-refractivity contribution in [2.24, 2.45) is 0 Å². The Kier molecular flexibility index (Phi) is 4.35. The molecule has 1 heterocycles. The summed E-state index contributed by atoms with van der Waals surface area (Å²) in [6.45, 7) is 0.507. The van der Waals surface area contributed by atoms with Gasteiger partial charge in [0, 0.05) is 12.5 Å². The van der Waals surface area contributed by atoms with E-state index < -0.39 is 0 Å². The highest BCUT2D eigenvalue weighted by molar-refractivity contribution is 5.39. The van der Waals surface area contributed by atoms with Crippen molar-refractivity contribution in [3.8, 4) is 17.7 Å². The van der Waals surface area contributed by atoms with E-state index in [1.54, 1.807) is 12.1 Å². The lowest BCUT2D eigenvalue weighted by Crippen LogP contribution is -2.03. The number of hydrogen-bond donors (Lipinski definition) is 0. The molecule has 0 spiro atoms. The lowest BCUT2D eigenvalue weighted by atomic mass is 10.2. The van der Waals surface area contributed by atoms with E-state index in [0.29, 0.717) is 18.2 Å². The second kappa shape index (κ2) is 6.41. The van der Waals surface area contributed by atoms with Crippen LogP contribution in [0.5, 0.6) is 11.6 Å². The van der Waals surface area contributed by atoms with Crippen molar-refractivity contribution in [1.29, 1.82) is 5.26 Å². The van der Waals surface area contributed by atoms with Gasteiger partial charge in [0.2, 0.25) is 5.88 Å². The summed E-state index contributed by atoms with van der Waals surface area (Å²) in [4.78, 5) is 4.03. The molecule has 0 aliphatic carbocycles. The number of nitriles is 1. The largest absolute Gasteiger partial charge is 0.490 e. The molecule has 0 saturated heterocycles. The molecule has 0 amide bonds. The van der Waals surface area contributed by atoms with Crippen LogP contribution in [0.2, 0.25) is 0 Å². The van der Waals surface area contributed by atoms with Crippen molar-refractivity contribution in [2.45, 2.75) is 6.42 Å². The first-order valence-corrected chi connectivity index (χ1v) is 5.95. The van der Waals surface area contributed by atoms with Crippen molar-refractivity contribution in [2.75, 3.05) is 13.7 Å². The summed E-state index contributed by atoms with van der Waals surface area (Å²) in [5.74, 6) is 0.895. The Morgan fingerprint density at radius 3 is 2.63 bits per heavy atom.